The molecular formula is C14H14FN3. The Morgan fingerprint density at radius 1 is 1.28 bits per heavy atom. The first-order chi connectivity index (χ1) is 8.74. The molecule has 18 heavy (non-hydrogen) atoms. The highest BCUT2D eigenvalue weighted by Crippen LogP contribution is 2.19. The summed E-state index contributed by atoms with van der Waals surface area (Å²) in [5.74, 6) is -0.160. The van der Waals surface area contributed by atoms with Crippen molar-refractivity contribution in [1.82, 2.24) is 14.3 Å². The second-order valence-electron chi connectivity index (χ2n) is 4.45. The van der Waals surface area contributed by atoms with Crippen molar-refractivity contribution in [2.75, 3.05) is 0 Å². The second-order valence-corrected chi connectivity index (χ2v) is 4.45. The van der Waals surface area contributed by atoms with E-state index in [0.717, 1.165) is 18.5 Å². The van der Waals surface area contributed by atoms with E-state index in [1.54, 1.807) is 10.7 Å². The fourth-order valence-electron chi connectivity index (χ4n) is 2.23. The van der Waals surface area contributed by atoms with Crippen molar-refractivity contribution in [3.8, 4) is 0 Å². The molecule has 3 aromatic rings. The van der Waals surface area contributed by atoms with Crippen molar-refractivity contribution in [1.29, 1.82) is 0 Å². The van der Waals surface area contributed by atoms with E-state index in [9.17, 15) is 4.39 Å². The molecule has 0 saturated carbocycles. The van der Waals surface area contributed by atoms with Gasteiger partial charge in [-0.3, -0.25) is 4.68 Å². The maximum atomic E-state index is 13.5. The van der Waals surface area contributed by atoms with Gasteiger partial charge in [-0.25, -0.2) is 4.39 Å². The molecule has 0 fully saturated rings. The van der Waals surface area contributed by atoms with Crippen LogP contribution in [0.3, 0.4) is 0 Å². The molecule has 0 saturated heterocycles. The lowest BCUT2D eigenvalue weighted by atomic mass is 10.2. The Hall–Kier alpha value is -2.10. The summed E-state index contributed by atoms with van der Waals surface area (Å²) in [6.45, 7) is 0.832. The quantitative estimate of drug-likeness (QED) is 0.693. The van der Waals surface area contributed by atoms with E-state index in [-0.39, 0.29) is 5.82 Å². The van der Waals surface area contributed by atoms with Crippen molar-refractivity contribution in [2.45, 2.75) is 13.0 Å². The van der Waals surface area contributed by atoms with E-state index in [2.05, 4.69) is 9.67 Å². The van der Waals surface area contributed by atoms with Crippen LogP contribution < -0.4 is 0 Å². The Morgan fingerprint density at radius 3 is 2.94 bits per heavy atom. The monoisotopic (exact) mass is 243 g/mol. The fourth-order valence-corrected chi connectivity index (χ4v) is 2.23. The van der Waals surface area contributed by atoms with Crippen LogP contribution in [-0.4, -0.2) is 14.3 Å². The minimum Gasteiger partial charge on any atom is -0.347 e. The van der Waals surface area contributed by atoms with Crippen molar-refractivity contribution in [2.24, 2.45) is 7.05 Å². The van der Waals surface area contributed by atoms with Crippen LogP contribution in [-0.2, 0) is 20.0 Å². The van der Waals surface area contributed by atoms with Gasteiger partial charge < -0.3 is 4.57 Å². The number of fused-ring (bicyclic) bond motifs is 1. The molecule has 0 amide bonds. The van der Waals surface area contributed by atoms with E-state index in [4.69, 9.17) is 0 Å². The maximum Gasteiger partial charge on any atom is 0.132 e. The van der Waals surface area contributed by atoms with Crippen LogP contribution in [0, 0.1) is 5.82 Å². The van der Waals surface area contributed by atoms with Crippen LogP contribution in [0.25, 0.3) is 10.9 Å². The summed E-state index contributed by atoms with van der Waals surface area (Å²) in [4.78, 5) is 0. The zero-order valence-corrected chi connectivity index (χ0v) is 10.2. The summed E-state index contributed by atoms with van der Waals surface area (Å²) in [6, 6.07) is 7.02. The summed E-state index contributed by atoms with van der Waals surface area (Å²) in [5.41, 5.74) is 2.13. The maximum absolute atomic E-state index is 13.5. The molecule has 3 nitrogen and oxygen atoms in total. The molecule has 4 heteroatoms. The predicted molar refractivity (Wildman–Crippen MR) is 68.8 cm³/mol. The van der Waals surface area contributed by atoms with Gasteiger partial charge >= 0.3 is 0 Å². The fraction of sp³-hybridized carbons (Fsp3) is 0.214. The van der Waals surface area contributed by atoms with Crippen LogP contribution >= 0.6 is 0 Å². The highest BCUT2D eigenvalue weighted by Gasteiger charge is 2.05. The van der Waals surface area contributed by atoms with Gasteiger partial charge in [0, 0.05) is 31.4 Å². The lowest BCUT2D eigenvalue weighted by molar-refractivity contribution is 0.639. The SMILES string of the molecule is Cn1cc(CCn2ccc3c(F)cccc32)cn1. The first kappa shape index (κ1) is 11.0. The zero-order chi connectivity index (χ0) is 12.5. The lowest BCUT2D eigenvalue weighted by Crippen LogP contribution is -1.99. The summed E-state index contributed by atoms with van der Waals surface area (Å²) in [6.07, 6.45) is 6.71. The topological polar surface area (TPSA) is 22.8 Å². The van der Waals surface area contributed by atoms with E-state index in [1.807, 2.05) is 37.8 Å². The number of rotatable bonds is 3. The third kappa shape index (κ3) is 1.90. The minimum absolute atomic E-state index is 0.160. The largest absolute Gasteiger partial charge is 0.347 e. The normalized spacial score (nSPS) is 11.2. The van der Waals surface area contributed by atoms with Crippen LogP contribution in [0.2, 0.25) is 0 Å². The summed E-state index contributed by atoms with van der Waals surface area (Å²) < 4.78 is 17.4. The van der Waals surface area contributed by atoms with Gasteiger partial charge in [-0.1, -0.05) is 6.07 Å². The number of hydrogen-bond donors (Lipinski definition) is 0. The zero-order valence-electron chi connectivity index (χ0n) is 10.2. The van der Waals surface area contributed by atoms with Crippen LogP contribution in [0.4, 0.5) is 4.39 Å². The molecule has 0 bridgehead atoms. The van der Waals surface area contributed by atoms with Crippen LogP contribution in [0.5, 0.6) is 0 Å². The van der Waals surface area contributed by atoms with Gasteiger partial charge in [0.15, 0.2) is 0 Å². The first-order valence-electron chi connectivity index (χ1n) is 5.95. The van der Waals surface area contributed by atoms with Crippen LogP contribution in [0.15, 0.2) is 42.9 Å². The van der Waals surface area contributed by atoms with Crippen molar-refractivity contribution in [3.63, 3.8) is 0 Å². The smallest absolute Gasteiger partial charge is 0.132 e. The van der Waals surface area contributed by atoms with Gasteiger partial charge in [0.1, 0.15) is 5.82 Å². The van der Waals surface area contributed by atoms with Gasteiger partial charge in [-0.05, 0) is 30.2 Å². The average Bonchev–Trinajstić information content (AvgIpc) is 2.94. The lowest BCUT2D eigenvalue weighted by Gasteiger charge is -2.04. The Balaban J connectivity index is 1.85. The second kappa shape index (κ2) is 4.29. The number of aryl methyl sites for hydroxylation is 3. The molecule has 2 heterocycles. The van der Waals surface area contributed by atoms with E-state index >= 15 is 0 Å². The molecule has 0 spiro atoms. The van der Waals surface area contributed by atoms with Gasteiger partial charge in [-0.15, -0.1) is 0 Å². The van der Waals surface area contributed by atoms with Gasteiger partial charge in [0.25, 0.3) is 0 Å². The van der Waals surface area contributed by atoms with Crippen molar-refractivity contribution >= 4 is 10.9 Å². The van der Waals surface area contributed by atoms with Gasteiger partial charge in [0.05, 0.1) is 11.7 Å². The molecule has 0 atom stereocenters. The third-order valence-electron chi connectivity index (χ3n) is 3.16. The predicted octanol–water partition coefficient (Wildman–Crippen LogP) is 2.76. The highest BCUT2D eigenvalue weighted by molar-refractivity contribution is 5.80. The molecule has 1 aromatic carbocycles. The molecule has 0 unspecified atom stereocenters. The number of hydrogen-bond acceptors (Lipinski definition) is 1. The number of halogens is 1. The highest BCUT2D eigenvalue weighted by atomic mass is 19.1. The van der Waals surface area contributed by atoms with E-state index < -0.39 is 0 Å². The summed E-state index contributed by atoms with van der Waals surface area (Å²) in [5, 5.41) is 4.82. The molecule has 0 aliphatic carbocycles. The van der Waals surface area contributed by atoms with Crippen molar-refractivity contribution in [3.05, 3.63) is 54.2 Å². The first-order valence-corrected chi connectivity index (χ1v) is 5.95. The van der Waals surface area contributed by atoms with Gasteiger partial charge in [-0.2, -0.15) is 5.10 Å². The number of benzene rings is 1. The Labute approximate surface area is 104 Å². The molecular weight excluding hydrogens is 229 g/mol. The molecule has 2 aromatic heterocycles. The average molecular weight is 243 g/mol. The summed E-state index contributed by atoms with van der Waals surface area (Å²) in [7, 11) is 1.91. The van der Waals surface area contributed by atoms with E-state index in [0.29, 0.717) is 5.39 Å². The molecule has 3 rings (SSSR count). The molecule has 0 aliphatic rings. The Kier molecular flexibility index (Phi) is 2.63. The summed E-state index contributed by atoms with van der Waals surface area (Å²) >= 11 is 0. The molecule has 0 N–H and O–H groups in total. The minimum atomic E-state index is -0.160. The van der Waals surface area contributed by atoms with E-state index in [1.165, 1.54) is 11.6 Å². The molecule has 92 valence electrons. The van der Waals surface area contributed by atoms with Crippen molar-refractivity contribution < 1.29 is 4.39 Å². The number of nitrogens with zero attached hydrogens (tertiary/aromatic N) is 3. The third-order valence-corrected chi connectivity index (χ3v) is 3.16. The van der Waals surface area contributed by atoms with Gasteiger partial charge in [0.2, 0.25) is 0 Å². The Morgan fingerprint density at radius 2 is 2.17 bits per heavy atom. The Bertz CT molecular complexity index is 681. The molecule has 0 radical (unpaired) electrons. The standard InChI is InChI=1S/C14H14FN3/c1-17-10-11(9-16-17)5-7-18-8-6-12-13(15)3-2-4-14(12)18/h2-4,6,8-10H,5,7H2,1H3. The molecule has 0 aliphatic heterocycles. The number of aromatic nitrogens is 3. The van der Waals surface area contributed by atoms with Crippen LogP contribution in [0.1, 0.15) is 5.56 Å².